The Hall–Kier alpha value is -2.08. The number of amides is 1. The molecule has 0 unspecified atom stereocenters. The molecule has 1 saturated heterocycles. The first-order valence-electron chi connectivity index (χ1n) is 8.72. The summed E-state index contributed by atoms with van der Waals surface area (Å²) in [6.45, 7) is 5.71. The Kier molecular flexibility index (Phi) is 5.58. The van der Waals surface area contributed by atoms with Gasteiger partial charge in [0.25, 0.3) is 5.91 Å². The fourth-order valence-electron chi connectivity index (χ4n) is 3.02. The van der Waals surface area contributed by atoms with Crippen molar-refractivity contribution < 1.29 is 9.53 Å². The molecule has 1 atom stereocenters. The second-order valence-electron chi connectivity index (χ2n) is 6.69. The highest BCUT2D eigenvalue weighted by Gasteiger charge is 2.26. The Morgan fingerprint density at radius 3 is 2.76 bits per heavy atom. The fraction of sp³-hybridized carbons (Fsp3) is 0.474. The van der Waals surface area contributed by atoms with E-state index in [1.165, 1.54) is 0 Å². The van der Waals surface area contributed by atoms with Crippen molar-refractivity contribution in [1.29, 1.82) is 0 Å². The van der Waals surface area contributed by atoms with Crippen LogP contribution < -0.4 is 10.1 Å². The lowest BCUT2D eigenvalue weighted by Crippen LogP contribution is -2.45. The zero-order valence-corrected chi connectivity index (χ0v) is 15.8. The molecule has 2 heterocycles. The first-order chi connectivity index (χ1) is 12.1. The van der Waals surface area contributed by atoms with Gasteiger partial charge in [0.05, 0.1) is 12.1 Å². The zero-order chi connectivity index (χ0) is 17.8. The first-order valence-corrected chi connectivity index (χ1v) is 9.60. The summed E-state index contributed by atoms with van der Waals surface area (Å²) in [5, 5.41) is 6.43. The van der Waals surface area contributed by atoms with Crippen LogP contribution in [-0.2, 0) is 0 Å². The van der Waals surface area contributed by atoms with Crippen LogP contribution in [0.25, 0.3) is 0 Å². The summed E-state index contributed by atoms with van der Waals surface area (Å²) in [7, 11) is 1.66. The van der Waals surface area contributed by atoms with Crippen LogP contribution in [0.2, 0.25) is 0 Å². The third kappa shape index (κ3) is 4.31. The molecule has 0 spiro atoms. The van der Waals surface area contributed by atoms with Crippen molar-refractivity contribution in [2.75, 3.05) is 25.5 Å². The van der Waals surface area contributed by atoms with Crippen molar-refractivity contribution in [2.45, 2.75) is 38.6 Å². The molecule has 1 aliphatic rings. The molecule has 1 N–H and O–H groups in total. The number of anilines is 1. The van der Waals surface area contributed by atoms with Gasteiger partial charge in [0.2, 0.25) is 0 Å². The van der Waals surface area contributed by atoms with Crippen LogP contribution in [0.3, 0.4) is 0 Å². The molecule has 1 aliphatic heterocycles. The number of likely N-dealkylation sites (tertiary alicyclic amines) is 1. The minimum atomic E-state index is 0.0457. The van der Waals surface area contributed by atoms with Crippen LogP contribution in [0.15, 0.2) is 29.6 Å². The normalized spacial score (nSPS) is 17.6. The maximum absolute atomic E-state index is 12.7. The summed E-state index contributed by atoms with van der Waals surface area (Å²) in [5.41, 5.74) is 1.63. The van der Waals surface area contributed by atoms with Crippen molar-refractivity contribution in [2.24, 2.45) is 0 Å². The third-order valence-electron chi connectivity index (χ3n) is 4.40. The van der Waals surface area contributed by atoms with Gasteiger partial charge in [-0.05, 0) is 37.1 Å². The molecule has 0 saturated carbocycles. The van der Waals surface area contributed by atoms with Crippen LogP contribution in [0.4, 0.5) is 5.69 Å². The molecule has 5 nitrogen and oxygen atoms in total. The van der Waals surface area contributed by atoms with Crippen molar-refractivity contribution >= 4 is 22.9 Å². The monoisotopic (exact) mass is 359 g/mol. The molecule has 0 aliphatic carbocycles. The molecule has 134 valence electrons. The highest BCUT2D eigenvalue weighted by Crippen LogP contribution is 2.23. The fourth-order valence-corrected chi connectivity index (χ4v) is 3.82. The highest BCUT2D eigenvalue weighted by molar-refractivity contribution is 7.09. The minimum absolute atomic E-state index is 0.0457. The predicted octanol–water partition coefficient (Wildman–Crippen LogP) is 3.99. The Balaban J connectivity index is 1.62. The van der Waals surface area contributed by atoms with Gasteiger partial charge >= 0.3 is 0 Å². The number of piperidine rings is 1. The van der Waals surface area contributed by atoms with E-state index in [0.29, 0.717) is 18.2 Å². The molecular weight excluding hydrogens is 334 g/mol. The maximum Gasteiger partial charge on any atom is 0.273 e. The summed E-state index contributed by atoms with van der Waals surface area (Å²) >= 11 is 1.57. The molecular formula is C19H25N3O2S. The number of carbonyl (C=O) groups excluding carboxylic acids is 1. The van der Waals surface area contributed by atoms with E-state index in [2.05, 4.69) is 24.1 Å². The largest absolute Gasteiger partial charge is 0.497 e. The Bertz CT molecular complexity index is 712. The van der Waals surface area contributed by atoms with Gasteiger partial charge in [-0.25, -0.2) is 4.98 Å². The highest BCUT2D eigenvalue weighted by atomic mass is 32.1. The molecule has 25 heavy (non-hydrogen) atoms. The average Bonchev–Trinajstić information content (AvgIpc) is 3.12. The lowest BCUT2D eigenvalue weighted by Gasteiger charge is -2.33. The Morgan fingerprint density at radius 1 is 1.36 bits per heavy atom. The molecule has 1 aromatic carbocycles. The van der Waals surface area contributed by atoms with Gasteiger partial charge in [-0.2, -0.15) is 0 Å². The number of rotatable bonds is 5. The number of benzene rings is 1. The van der Waals surface area contributed by atoms with Crippen molar-refractivity contribution in [3.63, 3.8) is 0 Å². The molecule has 3 rings (SSSR count). The van der Waals surface area contributed by atoms with Crippen LogP contribution in [0, 0.1) is 0 Å². The van der Waals surface area contributed by atoms with Gasteiger partial charge in [0.1, 0.15) is 11.4 Å². The average molecular weight is 359 g/mol. The maximum atomic E-state index is 12.7. The Morgan fingerprint density at radius 2 is 2.12 bits per heavy atom. The summed E-state index contributed by atoms with van der Waals surface area (Å²) in [6.07, 6.45) is 2.06. The topological polar surface area (TPSA) is 54.5 Å². The summed E-state index contributed by atoms with van der Waals surface area (Å²) in [5.74, 6) is 1.25. The lowest BCUT2D eigenvalue weighted by molar-refractivity contribution is 0.0709. The number of ether oxygens (including phenoxy) is 1. The van der Waals surface area contributed by atoms with Gasteiger partial charge in [-0.15, -0.1) is 11.3 Å². The van der Waals surface area contributed by atoms with Gasteiger partial charge in [0, 0.05) is 36.1 Å². The van der Waals surface area contributed by atoms with Crippen molar-refractivity contribution in [3.05, 3.63) is 40.3 Å². The second kappa shape index (κ2) is 7.87. The first kappa shape index (κ1) is 17.7. The zero-order valence-electron chi connectivity index (χ0n) is 15.0. The molecule has 0 bridgehead atoms. The van der Waals surface area contributed by atoms with Gasteiger partial charge in [-0.3, -0.25) is 4.79 Å². The summed E-state index contributed by atoms with van der Waals surface area (Å²) < 4.78 is 5.19. The number of methoxy groups -OCH3 is 1. The van der Waals surface area contributed by atoms with E-state index in [0.717, 1.165) is 35.8 Å². The molecule has 1 amide bonds. The van der Waals surface area contributed by atoms with Crippen LogP contribution >= 0.6 is 11.3 Å². The molecule has 6 heteroatoms. The number of nitrogens with one attached hydrogen (secondary N) is 1. The van der Waals surface area contributed by atoms with Crippen LogP contribution in [-0.4, -0.2) is 42.0 Å². The van der Waals surface area contributed by atoms with Gasteiger partial charge in [0.15, 0.2) is 0 Å². The van der Waals surface area contributed by atoms with E-state index in [-0.39, 0.29) is 11.9 Å². The minimum Gasteiger partial charge on any atom is -0.497 e. The molecule has 1 fully saturated rings. The molecule has 2 aromatic rings. The lowest BCUT2D eigenvalue weighted by atomic mass is 10.0. The van der Waals surface area contributed by atoms with E-state index in [1.54, 1.807) is 18.4 Å². The van der Waals surface area contributed by atoms with E-state index in [9.17, 15) is 4.79 Å². The number of aromatic nitrogens is 1. The number of hydrogen-bond donors (Lipinski definition) is 1. The molecule has 0 radical (unpaired) electrons. The number of thiazole rings is 1. The predicted molar refractivity (Wildman–Crippen MR) is 102 cm³/mol. The van der Waals surface area contributed by atoms with Crippen LogP contribution in [0.5, 0.6) is 5.75 Å². The van der Waals surface area contributed by atoms with E-state index in [1.807, 2.05) is 34.5 Å². The second-order valence-corrected chi connectivity index (χ2v) is 7.58. The smallest absolute Gasteiger partial charge is 0.273 e. The summed E-state index contributed by atoms with van der Waals surface area (Å²) in [6, 6.07) is 8.16. The third-order valence-corrected chi connectivity index (χ3v) is 5.55. The summed E-state index contributed by atoms with van der Waals surface area (Å²) in [4.78, 5) is 19.2. The SMILES string of the molecule is COc1ccc(N[C@H]2CCCN(C(=O)c3csc(C(C)C)n3)C2)cc1. The quantitative estimate of drug-likeness (QED) is 0.877. The van der Waals surface area contributed by atoms with E-state index in [4.69, 9.17) is 4.74 Å². The standard InChI is InChI=1S/C19H25N3O2S/c1-13(2)18-21-17(12-25-18)19(23)22-10-4-5-15(11-22)20-14-6-8-16(24-3)9-7-14/h6-9,12-13,15,20H,4-5,10-11H2,1-3H3/t15-/m0/s1. The number of carbonyl (C=O) groups is 1. The van der Waals surface area contributed by atoms with Gasteiger partial charge in [-0.1, -0.05) is 13.8 Å². The van der Waals surface area contributed by atoms with Crippen LogP contribution in [0.1, 0.15) is 48.1 Å². The van der Waals surface area contributed by atoms with E-state index < -0.39 is 0 Å². The van der Waals surface area contributed by atoms with Gasteiger partial charge < -0.3 is 15.0 Å². The van der Waals surface area contributed by atoms with Crippen molar-refractivity contribution in [1.82, 2.24) is 9.88 Å². The number of hydrogen-bond acceptors (Lipinski definition) is 5. The molecule has 1 aromatic heterocycles. The Labute approximate surface area is 153 Å². The van der Waals surface area contributed by atoms with Crippen molar-refractivity contribution in [3.8, 4) is 5.75 Å². The van der Waals surface area contributed by atoms with E-state index >= 15 is 0 Å². The number of nitrogens with zero attached hydrogens (tertiary/aromatic N) is 2.